The highest BCUT2D eigenvalue weighted by molar-refractivity contribution is 7.99. The van der Waals surface area contributed by atoms with E-state index in [1.807, 2.05) is 0 Å². The Morgan fingerprint density at radius 2 is 1.94 bits per heavy atom. The van der Waals surface area contributed by atoms with Gasteiger partial charge in [-0.25, -0.2) is 4.39 Å². The number of halogens is 1. The van der Waals surface area contributed by atoms with Crippen LogP contribution in [-0.2, 0) is 0 Å². The molecule has 1 aromatic carbocycles. The maximum Gasteiger partial charge on any atom is 0.123 e. The van der Waals surface area contributed by atoms with E-state index in [4.69, 9.17) is 5.73 Å². The lowest BCUT2D eigenvalue weighted by atomic mass is 10.3. The van der Waals surface area contributed by atoms with E-state index in [0.29, 0.717) is 0 Å². The third kappa shape index (κ3) is 3.56. The second kappa shape index (κ2) is 5.67. The van der Waals surface area contributed by atoms with Crippen LogP contribution in [0.15, 0.2) is 41.3 Å². The van der Waals surface area contributed by atoms with E-state index < -0.39 is 0 Å². The molecule has 90 valence electrons. The number of thioether (sulfide) groups is 1. The molecule has 2 aromatic rings. The number of hydrogen-bond donors (Lipinski definition) is 1. The lowest BCUT2D eigenvalue weighted by Crippen LogP contribution is -2.11. The van der Waals surface area contributed by atoms with Gasteiger partial charge in [-0.15, -0.1) is 23.1 Å². The predicted octanol–water partition coefficient (Wildman–Crippen LogP) is 3.99. The summed E-state index contributed by atoms with van der Waals surface area (Å²) in [4.78, 5) is 3.54. The standard InChI is InChI=1S/C13H14FNS2/c1-9-2-7-13(17-9)12(15)8-16-11-5-3-10(14)4-6-11/h2-7,12H,8,15H2,1H3. The number of aryl methyl sites for hydroxylation is 1. The maximum absolute atomic E-state index is 12.7. The van der Waals surface area contributed by atoms with E-state index in [-0.39, 0.29) is 11.9 Å². The quantitative estimate of drug-likeness (QED) is 0.848. The van der Waals surface area contributed by atoms with Crippen LogP contribution in [0.3, 0.4) is 0 Å². The summed E-state index contributed by atoms with van der Waals surface area (Å²) in [7, 11) is 0. The third-order valence-corrected chi connectivity index (χ3v) is 4.63. The van der Waals surface area contributed by atoms with Gasteiger partial charge < -0.3 is 5.73 Å². The van der Waals surface area contributed by atoms with Gasteiger partial charge in [0, 0.05) is 26.4 Å². The first-order valence-electron chi connectivity index (χ1n) is 5.35. The molecule has 4 heteroatoms. The largest absolute Gasteiger partial charge is 0.323 e. The first kappa shape index (κ1) is 12.6. The molecule has 1 nitrogen and oxygen atoms in total. The van der Waals surface area contributed by atoms with Crippen LogP contribution in [0, 0.1) is 12.7 Å². The monoisotopic (exact) mass is 267 g/mol. The van der Waals surface area contributed by atoms with Gasteiger partial charge in [0.15, 0.2) is 0 Å². The van der Waals surface area contributed by atoms with Crippen molar-refractivity contribution < 1.29 is 4.39 Å². The fourth-order valence-corrected chi connectivity index (χ4v) is 3.32. The molecule has 17 heavy (non-hydrogen) atoms. The van der Waals surface area contributed by atoms with Gasteiger partial charge in [-0.3, -0.25) is 0 Å². The Kier molecular flexibility index (Phi) is 4.20. The highest BCUT2D eigenvalue weighted by atomic mass is 32.2. The van der Waals surface area contributed by atoms with E-state index in [2.05, 4.69) is 19.1 Å². The minimum Gasteiger partial charge on any atom is -0.323 e. The molecule has 0 aliphatic heterocycles. The zero-order valence-electron chi connectivity index (χ0n) is 9.52. The fourth-order valence-electron chi connectivity index (χ4n) is 1.45. The van der Waals surface area contributed by atoms with Crippen LogP contribution in [0.5, 0.6) is 0 Å². The van der Waals surface area contributed by atoms with Crippen molar-refractivity contribution in [3.8, 4) is 0 Å². The summed E-state index contributed by atoms with van der Waals surface area (Å²) in [5.41, 5.74) is 6.10. The Bertz CT molecular complexity index is 478. The summed E-state index contributed by atoms with van der Waals surface area (Å²) in [6.07, 6.45) is 0. The first-order chi connectivity index (χ1) is 8.15. The van der Waals surface area contributed by atoms with Crippen molar-refractivity contribution in [1.29, 1.82) is 0 Å². The molecular formula is C13H14FNS2. The minimum atomic E-state index is -0.201. The van der Waals surface area contributed by atoms with Crippen molar-refractivity contribution in [2.45, 2.75) is 17.9 Å². The van der Waals surface area contributed by atoms with Crippen LogP contribution in [-0.4, -0.2) is 5.75 Å². The van der Waals surface area contributed by atoms with Crippen LogP contribution in [0.25, 0.3) is 0 Å². The van der Waals surface area contributed by atoms with Gasteiger partial charge in [0.05, 0.1) is 0 Å². The van der Waals surface area contributed by atoms with Gasteiger partial charge >= 0.3 is 0 Å². The first-order valence-corrected chi connectivity index (χ1v) is 7.15. The Balaban J connectivity index is 1.92. The van der Waals surface area contributed by atoms with Crippen molar-refractivity contribution in [2.24, 2.45) is 5.73 Å². The molecule has 0 saturated heterocycles. The van der Waals surface area contributed by atoms with Crippen molar-refractivity contribution in [3.63, 3.8) is 0 Å². The predicted molar refractivity (Wildman–Crippen MR) is 73.1 cm³/mol. The molecule has 0 amide bonds. The number of benzene rings is 1. The van der Waals surface area contributed by atoms with Gasteiger partial charge in [0.25, 0.3) is 0 Å². The average Bonchev–Trinajstić information content (AvgIpc) is 2.75. The zero-order valence-corrected chi connectivity index (χ0v) is 11.2. The maximum atomic E-state index is 12.7. The van der Waals surface area contributed by atoms with E-state index >= 15 is 0 Å². The Labute approximate surface area is 109 Å². The second-order valence-corrected chi connectivity index (χ2v) is 6.23. The van der Waals surface area contributed by atoms with Crippen molar-refractivity contribution in [1.82, 2.24) is 0 Å². The van der Waals surface area contributed by atoms with E-state index in [9.17, 15) is 4.39 Å². The summed E-state index contributed by atoms with van der Waals surface area (Å²) in [5.74, 6) is 0.610. The summed E-state index contributed by atoms with van der Waals surface area (Å²) < 4.78 is 12.7. The van der Waals surface area contributed by atoms with Gasteiger partial charge in [-0.05, 0) is 43.3 Å². The Morgan fingerprint density at radius 3 is 2.53 bits per heavy atom. The fraction of sp³-hybridized carbons (Fsp3) is 0.231. The van der Waals surface area contributed by atoms with Crippen LogP contribution >= 0.6 is 23.1 Å². The summed E-state index contributed by atoms with van der Waals surface area (Å²) in [6.45, 7) is 2.08. The molecule has 1 aromatic heterocycles. The number of thiophene rings is 1. The number of hydrogen-bond acceptors (Lipinski definition) is 3. The summed E-state index contributed by atoms with van der Waals surface area (Å²) in [6, 6.07) is 10.7. The van der Waals surface area contributed by atoms with Crippen LogP contribution in [0.2, 0.25) is 0 Å². The molecule has 0 bridgehead atoms. The van der Waals surface area contributed by atoms with E-state index in [0.717, 1.165) is 10.6 Å². The molecule has 0 aliphatic rings. The zero-order chi connectivity index (χ0) is 12.3. The molecule has 1 atom stereocenters. The van der Waals surface area contributed by atoms with Crippen LogP contribution in [0.1, 0.15) is 15.8 Å². The molecule has 1 unspecified atom stereocenters. The molecule has 1 heterocycles. The molecule has 0 saturated carbocycles. The van der Waals surface area contributed by atoms with Gasteiger partial charge in [0.2, 0.25) is 0 Å². The molecule has 2 N–H and O–H groups in total. The normalized spacial score (nSPS) is 12.6. The Hall–Kier alpha value is -0.840. The highest BCUT2D eigenvalue weighted by Gasteiger charge is 2.08. The summed E-state index contributed by atoms with van der Waals surface area (Å²) in [5, 5.41) is 0. The average molecular weight is 267 g/mol. The number of rotatable bonds is 4. The lowest BCUT2D eigenvalue weighted by molar-refractivity contribution is 0.626. The SMILES string of the molecule is Cc1ccc(C(N)CSc2ccc(F)cc2)s1. The Morgan fingerprint density at radius 1 is 1.24 bits per heavy atom. The van der Waals surface area contributed by atoms with Gasteiger partial charge in [-0.2, -0.15) is 0 Å². The van der Waals surface area contributed by atoms with Crippen LogP contribution in [0.4, 0.5) is 4.39 Å². The molecule has 0 fully saturated rings. The molecule has 0 radical (unpaired) electrons. The van der Waals surface area contributed by atoms with Crippen LogP contribution < -0.4 is 5.73 Å². The number of nitrogens with two attached hydrogens (primary N) is 1. The van der Waals surface area contributed by atoms with E-state index in [1.165, 1.54) is 21.9 Å². The lowest BCUT2D eigenvalue weighted by Gasteiger charge is -2.08. The minimum absolute atomic E-state index is 0.0451. The molecule has 0 aliphatic carbocycles. The second-order valence-electron chi connectivity index (χ2n) is 3.82. The van der Waals surface area contributed by atoms with Crippen molar-refractivity contribution in [2.75, 3.05) is 5.75 Å². The van der Waals surface area contributed by atoms with Crippen molar-refractivity contribution >= 4 is 23.1 Å². The third-order valence-electron chi connectivity index (χ3n) is 2.37. The highest BCUT2D eigenvalue weighted by Crippen LogP contribution is 2.27. The topological polar surface area (TPSA) is 26.0 Å². The van der Waals surface area contributed by atoms with Gasteiger partial charge in [-0.1, -0.05) is 0 Å². The summed E-state index contributed by atoms with van der Waals surface area (Å²) >= 11 is 3.39. The molecular weight excluding hydrogens is 253 g/mol. The molecule has 0 spiro atoms. The van der Waals surface area contributed by atoms with Crippen molar-refractivity contribution in [3.05, 3.63) is 52.0 Å². The molecule has 2 rings (SSSR count). The van der Waals surface area contributed by atoms with Gasteiger partial charge in [0.1, 0.15) is 5.82 Å². The van der Waals surface area contributed by atoms with E-state index in [1.54, 1.807) is 35.2 Å². The smallest absolute Gasteiger partial charge is 0.123 e.